The molecular weight excluding hydrogens is 510 g/mol. The first-order chi connectivity index (χ1) is 19.0. The molecule has 1 unspecified atom stereocenters. The van der Waals surface area contributed by atoms with E-state index >= 15 is 0 Å². The summed E-state index contributed by atoms with van der Waals surface area (Å²) in [6.45, 7) is 9.36. The van der Waals surface area contributed by atoms with Crippen molar-refractivity contribution in [2.45, 2.75) is 71.0 Å². The third-order valence-electron chi connectivity index (χ3n) is 6.41. The fourth-order valence-electron chi connectivity index (χ4n) is 4.49. The lowest BCUT2D eigenvalue weighted by Crippen LogP contribution is -2.31. The Morgan fingerprint density at radius 3 is 2.56 bits per heavy atom. The lowest BCUT2D eigenvalue weighted by molar-refractivity contribution is -0.113. The van der Waals surface area contributed by atoms with Crippen molar-refractivity contribution in [1.29, 1.82) is 0 Å². The maximum absolute atomic E-state index is 13.8. The van der Waals surface area contributed by atoms with Crippen molar-refractivity contribution in [3.8, 4) is 11.5 Å². The number of carbonyl (C=O) groups is 1. The summed E-state index contributed by atoms with van der Waals surface area (Å²) >= 11 is 1.61. The Balaban J connectivity index is 1.64. The molecule has 1 aliphatic heterocycles. The Bertz CT molecular complexity index is 1270. The quantitative estimate of drug-likeness (QED) is 0.164. The number of hydrogen-bond acceptors (Lipinski definition) is 7. The lowest BCUT2D eigenvalue weighted by atomic mass is 9.95. The summed E-state index contributed by atoms with van der Waals surface area (Å²) in [5.74, 6) is 2.77. The van der Waals surface area contributed by atoms with Gasteiger partial charge in [0.1, 0.15) is 17.5 Å². The molecule has 0 fully saturated rings. The van der Waals surface area contributed by atoms with E-state index in [2.05, 4.69) is 24.5 Å². The summed E-state index contributed by atoms with van der Waals surface area (Å²) in [4.78, 5) is 18.6. The Kier molecular flexibility index (Phi) is 10.3. The number of ether oxygens (including phenoxy) is 2. The summed E-state index contributed by atoms with van der Waals surface area (Å²) in [6, 6.07) is 15.0. The predicted octanol–water partition coefficient (Wildman–Crippen LogP) is 7.07. The molecule has 1 aliphatic rings. The third kappa shape index (κ3) is 7.15. The van der Waals surface area contributed by atoms with Gasteiger partial charge in [0.2, 0.25) is 11.1 Å². The zero-order valence-corrected chi connectivity index (χ0v) is 24.1. The van der Waals surface area contributed by atoms with Crippen molar-refractivity contribution >= 4 is 29.3 Å². The van der Waals surface area contributed by atoms with Crippen LogP contribution in [0, 0.1) is 0 Å². The van der Waals surface area contributed by atoms with E-state index < -0.39 is 6.04 Å². The van der Waals surface area contributed by atoms with Crippen molar-refractivity contribution in [1.82, 2.24) is 14.8 Å². The third-order valence-corrected chi connectivity index (χ3v) is 7.45. The van der Waals surface area contributed by atoms with Crippen LogP contribution in [-0.4, -0.2) is 39.6 Å². The number of rotatable bonds is 14. The number of para-hydroxylation sites is 2. The van der Waals surface area contributed by atoms with Crippen molar-refractivity contribution in [3.05, 3.63) is 65.4 Å². The average Bonchev–Trinajstić information content (AvgIpc) is 3.35. The zero-order chi connectivity index (χ0) is 27.6. The van der Waals surface area contributed by atoms with Crippen molar-refractivity contribution in [2.75, 3.05) is 29.6 Å². The van der Waals surface area contributed by atoms with Gasteiger partial charge in [-0.05, 0) is 56.5 Å². The number of nitrogens with zero attached hydrogens (tertiary/aromatic N) is 3. The number of aromatic nitrogens is 3. The second kappa shape index (κ2) is 14.1. The van der Waals surface area contributed by atoms with Crippen LogP contribution in [0.1, 0.15) is 71.4 Å². The standard InChI is InChI=1S/C30H39N5O3S/c1-5-8-9-12-19-38-23-17-15-22(16-18-23)27-26(28(36)32-24-13-10-11-14-25(24)37-7-3)21(4)31-29-33-30(34-35(27)29)39-20-6-2/h10-11,13-18,27H,5-9,12,19-20H2,1-4H3,(H,32,36)(H,31,33,34). The summed E-state index contributed by atoms with van der Waals surface area (Å²) < 4.78 is 13.5. The molecule has 2 aromatic carbocycles. The van der Waals surface area contributed by atoms with E-state index in [1.54, 1.807) is 11.8 Å². The molecule has 0 spiro atoms. The van der Waals surface area contributed by atoms with E-state index in [4.69, 9.17) is 19.6 Å². The molecule has 0 saturated carbocycles. The highest BCUT2D eigenvalue weighted by Crippen LogP contribution is 2.38. The molecule has 8 nitrogen and oxygen atoms in total. The van der Waals surface area contributed by atoms with Gasteiger partial charge < -0.3 is 20.1 Å². The van der Waals surface area contributed by atoms with E-state index in [1.807, 2.05) is 67.1 Å². The largest absolute Gasteiger partial charge is 0.494 e. The first-order valence-corrected chi connectivity index (χ1v) is 14.9. The highest BCUT2D eigenvalue weighted by molar-refractivity contribution is 7.99. The predicted molar refractivity (Wildman–Crippen MR) is 158 cm³/mol. The van der Waals surface area contributed by atoms with Crippen LogP contribution in [0.4, 0.5) is 11.6 Å². The van der Waals surface area contributed by atoms with E-state index in [9.17, 15) is 4.79 Å². The molecule has 4 rings (SSSR count). The molecule has 1 atom stereocenters. The van der Waals surface area contributed by atoms with Crippen LogP contribution < -0.4 is 20.1 Å². The highest BCUT2D eigenvalue weighted by atomic mass is 32.2. The fourth-order valence-corrected chi connectivity index (χ4v) is 5.18. The monoisotopic (exact) mass is 549 g/mol. The number of benzene rings is 2. The second-order valence-electron chi connectivity index (χ2n) is 9.44. The van der Waals surface area contributed by atoms with Crippen molar-refractivity contribution in [2.24, 2.45) is 0 Å². The molecule has 0 radical (unpaired) electrons. The van der Waals surface area contributed by atoms with Crippen LogP contribution in [0.25, 0.3) is 0 Å². The maximum atomic E-state index is 13.8. The van der Waals surface area contributed by atoms with E-state index in [0.717, 1.165) is 35.6 Å². The number of thioether (sulfide) groups is 1. The number of fused-ring (bicyclic) bond motifs is 1. The van der Waals surface area contributed by atoms with Crippen LogP contribution in [0.15, 0.2) is 65.0 Å². The Labute approximate surface area is 235 Å². The molecular formula is C30H39N5O3S. The molecule has 0 saturated heterocycles. The number of hydrogen-bond donors (Lipinski definition) is 2. The number of amides is 1. The topological polar surface area (TPSA) is 90.3 Å². The Morgan fingerprint density at radius 2 is 1.82 bits per heavy atom. The molecule has 3 aromatic rings. The molecule has 9 heteroatoms. The number of allylic oxidation sites excluding steroid dienone is 1. The van der Waals surface area contributed by atoms with Gasteiger partial charge in [-0.25, -0.2) is 4.68 Å². The molecule has 0 bridgehead atoms. The lowest BCUT2D eigenvalue weighted by Gasteiger charge is -2.29. The molecule has 2 heterocycles. The molecule has 39 heavy (non-hydrogen) atoms. The van der Waals surface area contributed by atoms with Gasteiger partial charge >= 0.3 is 0 Å². The van der Waals surface area contributed by atoms with Crippen LogP contribution >= 0.6 is 11.8 Å². The van der Waals surface area contributed by atoms with Crippen LogP contribution in [-0.2, 0) is 4.79 Å². The number of nitrogens with one attached hydrogen (secondary N) is 2. The van der Waals surface area contributed by atoms with Gasteiger partial charge in [0, 0.05) is 11.4 Å². The minimum absolute atomic E-state index is 0.225. The maximum Gasteiger partial charge on any atom is 0.255 e. The number of anilines is 2. The fraction of sp³-hybridized carbons (Fsp3) is 0.433. The minimum Gasteiger partial charge on any atom is -0.494 e. The Morgan fingerprint density at radius 1 is 1.03 bits per heavy atom. The summed E-state index contributed by atoms with van der Waals surface area (Å²) in [6.07, 6.45) is 5.66. The average molecular weight is 550 g/mol. The van der Waals surface area contributed by atoms with Gasteiger partial charge in [0.15, 0.2) is 0 Å². The van der Waals surface area contributed by atoms with Crippen LogP contribution in [0.5, 0.6) is 11.5 Å². The van der Waals surface area contributed by atoms with E-state index in [-0.39, 0.29) is 5.91 Å². The van der Waals surface area contributed by atoms with Crippen LogP contribution in [0.3, 0.4) is 0 Å². The molecule has 1 aromatic heterocycles. The molecule has 208 valence electrons. The number of unbranched alkanes of at least 4 members (excludes halogenated alkanes) is 3. The normalized spacial score (nSPS) is 14.5. The smallest absolute Gasteiger partial charge is 0.255 e. The minimum atomic E-state index is -0.456. The molecule has 0 aliphatic carbocycles. The van der Waals surface area contributed by atoms with E-state index in [1.165, 1.54) is 19.3 Å². The van der Waals surface area contributed by atoms with E-state index in [0.29, 0.717) is 41.3 Å². The Hall–Kier alpha value is -3.46. The van der Waals surface area contributed by atoms with Gasteiger partial charge in [-0.15, -0.1) is 5.10 Å². The van der Waals surface area contributed by atoms with Crippen molar-refractivity contribution in [3.63, 3.8) is 0 Å². The van der Waals surface area contributed by atoms with Gasteiger partial charge in [-0.1, -0.05) is 69.1 Å². The number of carbonyl (C=O) groups excluding carboxylic acids is 1. The summed E-state index contributed by atoms with van der Waals surface area (Å²) in [5, 5.41) is 11.9. The van der Waals surface area contributed by atoms with Crippen LogP contribution in [0.2, 0.25) is 0 Å². The van der Waals surface area contributed by atoms with Crippen molar-refractivity contribution < 1.29 is 14.3 Å². The van der Waals surface area contributed by atoms with Gasteiger partial charge in [0.25, 0.3) is 5.91 Å². The summed E-state index contributed by atoms with van der Waals surface area (Å²) in [7, 11) is 0. The second-order valence-corrected chi connectivity index (χ2v) is 10.5. The highest BCUT2D eigenvalue weighted by Gasteiger charge is 2.34. The first-order valence-electron chi connectivity index (χ1n) is 13.9. The molecule has 1 amide bonds. The van der Waals surface area contributed by atoms with Gasteiger partial charge in [-0.3, -0.25) is 4.79 Å². The SMILES string of the molecule is CCCCCCOc1ccc(C2C(C(=O)Nc3ccccc3OCC)=C(C)Nc3nc(SCCC)nn32)cc1. The zero-order valence-electron chi connectivity index (χ0n) is 23.3. The van der Waals surface area contributed by atoms with Gasteiger partial charge in [-0.2, -0.15) is 4.98 Å². The van der Waals surface area contributed by atoms with Gasteiger partial charge in [0.05, 0.1) is 24.5 Å². The first kappa shape index (κ1) is 28.5. The molecule has 2 N–H and O–H groups in total. The summed E-state index contributed by atoms with van der Waals surface area (Å²) in [5.41, 5.74) is 2.85.